The fourth-order valence-corrected chi connectivity index (χ4v) is 6.10. The molecule has 1 aliphatic heterocycles. The Labute approximate surface area is 219 Å². The number of nitrogens with one attached hydrogen (secondary N) is 2. The molecule has 0 bridgehead atoms. The molecule has 2 fully saturated rings. The van der Waals surface area contributed by atoms with Crippen molar-refractivity contribution in [2.75, 3.05) is 6.54 Å². The molecule has 4 heterocycles. The monoisotopic (exact) mass is 519 g/mol. The first-order valence-corrected chi connectivity index (χ1v) is 14.1. The van der Waals surface area contributed by atoms with Gasteiger partial charge < -0.3 is 5.32 Å². The molecule has 3 aromatic heterocycles. The van der Waals surface area contributed by atoms with Gasteiger partial charge in [0.05, 0.1) is 22.0 Å². The van der Waals surface area contributed by atoms with E-state index in [0.717, 1.165) is 54.9 Å². The lowest BCUT2D eigenvalue weighted by atomic mass is 9.80. The second-order valence-corrected chi connectivity index (χ2v) is 11.1. The number of hydrogen-bond acceptors (Lipinski definition) is 8. The summed E-state index contributed by atoms with van der Waals surface area (Å²) in [7, 11) is 0. The molecule has 5 rings (SSSR count). The number of rotatable bonds is 9. The summed E-state index contributed by atoms with van der Waals surface area (Å²) in [6.07, 6.45) is 10.2. The quantitative estimate of drug-likeness (QED) is 0.363. The summed E-state index contributed by atoms with van der Waals surface area (Å²) in [5, 5.41) is 9.77. The van der Waals surface area contributed by atoms with Gasteiger partial charge in [-0.1, -0.05) is 18.9 Å². The van der Waals surface area contributed by atoms with Crippen molar-refractivity contribution < 1.29 is 9.59 Å². The van der Waals surface area contributed by atoms with Crippen LogP contribution in [-0.4, -0.2) is 32.6 Å². The number of imide groups is 1. The van der Waals surface area contributed by atoms with E-state index >= 15 is 0 Å². The highest BCUT2D eigenvalue weighted by Crippen LogP contribution is 2.31. The summed E-state index contributed by atoms with van der Waals surface area (Å²) in [6.45, 7) is 1.83. The summed E-state index contributed by atoms with van der Waals surface area (Å²) in [5.74, 6) is 1.84. The minimum atomic E-state index is -0.362. The lowest BCUT2D eigenvalue weighted by Gasteiger charge is -2.28. The van der Waals surface area contributed by atoms with Crippen LogP contribution in [0.4, 0.5) is 4.79 Å². The van der Waals surface area contributed by atoms with Gasteiger partial charge in [0.25, 0.3) is 11.1 Å². The third kappa shape index (κ3) is 6.66. The molecule has 9 heteroatoms. The predicted molar refractivity (Wildman–Crippen MR) is 144 cm³/mol. The Bertz CT molecular complexity index is 1240. The highest BCUT2D eigenvalue weighted by molar-refractivity contribution is 8.18. The highest BCUT2D eigenvalue weighted by atomic mass is 32.2. The molecule has 7 nitrogen and oxygen atoms in total. The number of thiophene rings is 1. The van der Waals surface area contributed by atoms with E-state index in [0.29, 0.717) is 22.4 Å². The van der Waals surface area contributed by atoms with Crippen molar-refractivity contribution in [1.82, 2.24) is 25.6 Å². The smallest absolute Gasteiger partial charge is 0.290 e. The molecular weight excluding hydrogens is 490 g/mol. The Morgan fingerprint density at radius 3 is 2.69 bits per heavy atom. The van der Waals surface area contributed by atoms with E-state index in [4.69, 9.17) is 4.98 Å². The minimum Gasteiger partial charge on any atom is -0.311 e. The highest BCUT2D eigenvalue weighted by Gasteiger charge is 2.25. The first kappa shape index (κ1) is 24.8. The number of carbonyl (C=O) groups is 2. The predicted octanol–water partition coefficient (Wildman–Crippen LogP) is 5.45. The van der Waals surface area contributed by atoms with E-state index < -0.39 is 0 Å². The SMILES string of the molecule is O=C1NC(=O)/C(=C/c2ccnc(CCC3CCC(CNCc4cccc(-c5ccsc5)n4)CC3)n2)S1. The first-order valence-electron chi connectivity index (χ1n) is 12.4. The third-order valence-electron chi connectivity index (χ3n) is 6.75. The zero-order chi connectivity index (χ0) is 24.7. The lowest BCUT2D eigenvalue weighted by molar-refractivity contribution is -0.115. The van der Waals surface area contributed by atoms with Gasteiger partial charge in [0.2, 0.25) is 0 Å². The average molecular weight is 520 g/mol. The number of aromatic nitrogens is 3. The minimum absolute atomic E-state index is 0.341. The Balaban J connectivity index is 1.03. The molecule has 186 valence electrons. The van der Waals surface area contributed by atoms with E-state index in [2.05, 4.69) is 55.6 Å². The van der Waals surface area contributed by atoms with Gasteiger partial charge in [0.1, 0.15) is 5.82 Å². The van der Waals surface area contributed by atoms with Gasteiger partial charge in [-0.05, 0) is 85.1 Å². The molecule has 0 unspecified atom stereocenters. The number of carbonyl (C=O) groups excluding carboxylic acids is 2. The molecule has 0 radical (unpaired) electrons. The van der Waals surface area contributed by atoms with E-state index in [-0.39, 0.29) is 11.1 Å². The largest absolute Gasteiger partial charge is 0.311 e. The topological polar surface area (TPSA) is 96.9 Å². The molecular formula is C27H29N5O2S2. The third-order valence-corrected chi connectivity index (χ3v) is 8.25. The van der Waals surface area contributed by atoms with Crippen LogP contribution >= 0.6 is 23.1 Å². The summed E-state index contributed by atoms with van der Waals surface area (Å²) < 4.78 is 0. The summed E-state index contributed by atoms with van der Waals surface area (Å²) in [6, 6.07) is 10.1. The van der Waals surface area contributed by atoms with Crippen molar-refractivity contribution in [1.29, 1.82) is 0 Å². The van der Waals surface area contributed by atoms with Crippen molar-refractivity contribution >= 4 is 40.3 Å². The fourth-order valence-electron chi connectivity index (χ4n) is 4.78. The Hall–Kier alpha value is -2.88. The van der Waals surface area contributed by atoms with Crippen molar-refractivity contribution in [3.8, 4) is 11.3 Å². The van der Waals surface area contributed by atoms with E-state index in [9.17, 15) is 9.59 Å². The van der Waals surface area contributed by atoms with Gasteiger partial charge in [-0.3, -0.25) is 19.9 Å². The molecule has 3 aromatic rings. The molecule has 1 saturated heterocycles. The van der Waals surface area contributed by atoms with Gasteiger partial charge in [-0.2, -0.15) is 11.3 Å². The number of aryl methyl sites for hydroxylation is 1. The summed E-state index contributed by atoms with van der Waals surface area (Å²) in [4.78, 5) is 37.3. The second-order valence-electron chi connectivity index (χ2n) is 9.33. The van der Waals surface area contributed by atoms with E-state index in [1.807, 2.05) is 0 Å². The molecule has 2 aliphatic rings. The van der Waals surface area contributed by atoms with Crippen molar-refractivity contribution in [3.05, 3.63) is 69.4 Å². The maximum atomic E-state index is 11.8. The van der Waals surface area contributed by atoms with Crippen LogP contribution in [0.3, 0.4) is 0 Å². The van der Waals surface area contributed by atoms with Crippen molar-refractivity contribution in [3.63, 3.8) is 0 Å². The second kappa shape index (κ2) is 11.9. The van der Waals surface area contributed by atoms with Crippen LogP contribution in [-0.2, 0) is 17.8 Å². The maximum absolute atomic E-state index is 11.8. The number of hydrogen-bond donors (Lipinski definition) is 2. The zero-order valence-electron chi connectivity index (χ0n) is 20.0. The van der Waals surface area contributed by atoms with Crippen LogP contribution in [0.25, 0.3) is 17.3 Å². The molecule has 1 saturated carbocycles. The maximum Gasteiger partial charge on any atom is 0.290 e. The number of nitrogens with zero attached hydrogens (tertiary/aromatic N) is 3. The van der Waals surface area contributed by atoms with Crippen molar-refractivity contribution in [2.45, 2.75) is 45.1 Å². The lowest BCUT2D eigenvalue weighted by Crippen LogP contribution is -2.26. The Morgan fingerprint density at radius 1 is 1.06 bits per heavy atom. The average Bonchev–Trinajstić information content (AvgIpc) is 3.54. The van der Waals surface area contributed by atoms with Gasteiger partial charge in [0.15, 0.2) is 0 Å². The number of thioether (sulfide) groups is 1. The number of amides is 2. The van der Waals surface area contributed by atoms with Gasteiger partial charge >= 0.3 is 0 Å². The summed E-state index contributed by atoms with van der Waals surface area (Å²) in [5.41, 5.74) is 3.98. The Morgan fingerprint density at radius 2 is 1.92 bits per heavy atom. The molecule has 36 heavy (non-hydrogen) atoms. The normalized spacial score (nSPS) is 21.2. The first-order chi connectivity index (χ1) is 17.6. The zero-order valence-corrected chi connectivity index (χ0v) is 21.6. The van der Waals surface area contributed by atoms with Gasteiger partial charge in [-0.15, -0.1) is 0 Å². The molecule has 1 aliphatic carbocycles. The van der Waals surface area contributed by atoms with E-state index in [1.54, 1.807) is 29.7 Å². The van der Waals surface area contributed by atoms with Gasteiger partial charge in [0, 0.05) is 30.1 Å². The van der Waals surface area contributed by atoms with Crippen LogP contribution in [0.1, 0.15) is 49.3 Å². The molecule has 0 aromatic carbocycles. The van der Waals surface area contributed by atoms with E-state index in [1.165, 1.54) is 31.2 Å². The number of pyridine rings is 1. The fraction of sp³-hybridized carbons (Fsp3) is 0.370. The van der Waals surface area contributed by atoms with Gasteiger partial charge in [-0.25, -0.2) is 9.97 Å². The Kier molecular flexibility index (Phi) is 8.20. The molecule has 0 spiro atoms. The standard InChI is InChI=1S/C27H29N5O2S2/c33-26-24(36-27(34)32-26)14-21-10-12-29-25(31-21)9-8-18-4-6-19(7-5-18)15-28-16-22-2-1-3-23(30-22)20-11-13-35-17-20/h1-3,10-14,17-19,28H,4-9,15-16H2,(H,32,33,34)/b24-14-. The van der Waals surface area contributed by atoms with Crippen LogP contribution in [0, 0.1) is 11.8 Å². The van der Waals surface area contributed by atoms with Crippen LogP contribution in [0.2, 0.25) is 0 Å². The van der Waals surface area contributed by atoms with Crippen molar-refractivity contribution in [2.24, 2.45) is 11.8 Å². The summed E-state index contributed by atoms with van der Waals surface area (Å²) >= 11 is 2.60. The molecule has 0 atom stereocenters. The van der Waals surface area contributed by atoms with Crippen LogP contribution < -0.4 is 10.6 Å². The molecule has 2 amide bonds. The van der Waals surface area contributed by atoms with Crippen LogP contribution in [0.5, 0.6) is 0 Å². The van der Waals surface area contributed by atoms with Crippen LogP contribution in [0.15, 0.2) is 52.2 Å². The molecule has 2 N–H and O–H groups in total.